The summed E-state index contributed by atoms with van der Waals surface area (Å²) in [7, 11) is 1.81. The monoisotopic (exact) mass is 261 g/mol. The molecule has 0 aromatic carbocycles. The Labute approximate surface area is 110 Å². The molecule has 100 valence electrons. The molecule has 2 rings (SSSR count). The molecular formula is C11H15N7O. The summed E-state index contributed by atoms with van der Waals surface area (Å²) in [5.74, 6) is 6.03. The summed E-state index contributed by atoms with van der Waals surface area (Å²) in [6.07, 6.45) is 3.13. The van der Waals surface area contributed by atoms with E-state index in [0.717, 1.165) is 0 Å². The van der Waals surface area contributed by atoms with Gasteiger partial charge in [0.05, 0.1) is 11.6 Å². The molecule has 0 aliphatic carbocycles. The fourth-order valence-corrected chi connectivity index (χ4v) is 1.73. The van der Waals surface area contributed by atoms with Crippen LogP contribution in [0.4, 0.5) is 5.82 Å². The van der Waals surface area contributed by atoms with Crippen LogP contribution in [0.3, 0.4) is 0 Å². The number of nitrogens with two attached hydrogens (primary N) is 1. The van der Waals surface area contributed by atoms with Gasteiger partial charge in [-0.2, -0.15) is 0 Å². The summed E-state index contributed by atoms with van der Waals surface area (Å²) in [4.78, 5) is 16.1. The molecule has 1 atom stereocenters. The first-order valence-electron chi connectivity index (χ1n) is 5.70. The predicted molar refractivity (Wildman–Crippen MR) is 68.9 cm³/mol. The van der Waals surface area contributed by atoms with Crippen molar-refractivity contribution in [2.24, 2.45) is 12.9 Å². The van der Waals surface area contributed by atoms with Gasteiger partial charge in [-0.25, -0.2) is 10.8 Å². The Balaban J connectivity index is 2.15. The van der Waals surface area contributed by atoms with E-state index >= 15 is 0 Å². The summed E-state index contributed by atoms with van der Waals surface area (Å²) < 4.78 is 1.75. The lowest BCUT2D eigenvalue weighted by molar-refractivity contribution is 0.0938. The highest BCUT2D eigenvalue weighted by Crippen LogP contribution is 2.13. The van der Waals surface area contributed by atoms with E-state index < -0.39 is 0 Å². The summed E-state index contributed by atoms with van der Waals surface area (Å²) >= 11 is 0. The van der Waals surface area contributed by atoms with Crippen molar-refractivity contribution in [3.63, 3.8) is 0 Å². The molecule has 0 bridgehead atoms. The SMILES string of the molecule is CC(NC(=O)c1cccnc1NN)c1nncn1C. The molecule has 1 unspecified atom stereocenters. The van der Waals surface area contributed by atoms with E-state index in [-0.39, 0.29) is 11.9 Å². The molecule has 0 saturated heterocycles. The van der Waals surface area contributed by atoms with Gasteiger partial charge in [0, 0.05) is 13.2 Å². The number of rotatable bonds is 4. The van der Waals surface area contributed by atoms with Gasteiger partial charge in [0.25, 0.3) is 5.91 Å². The van der Waals surface area contributed by atoms with Crippen molar-refractivity contribution < 1.29 is 4.79 Å². The second-order valence-electron chi connectivity index (χ2n) is 4.04. The van der Waals surface area contributed by atoms with Gasteiger partial charge in [-0.05, 0) is 19.1 Å². The number of pyridine rings is 1. The van der Waals surface area contributed by atoms with E-state index in [4.69, 9.17) is 5.84 Å². The second-order valence-corrected chi connectivity index (χ2v) is 4.04. The highest BCUT2D eigenvalue weighted by molar-refractivity contribution is 5.98. The van der Waals surface area contributed by atoms with Gasteiger partial charge in [0.1, 0.15) is 6.33 Å². The molecule has 8 heteroatoms. The fourth-order valence-electron chi connectivity index (χ4n) is 1.73. The molecule has 2 aromatic rings. The molecule has 0 spiro atoms. The Hall–Kier alpha value is -2.48. The number of hydrazine groups is 1. The van der Waals surface area contributed by atoms with Crippen molar-refractivity contribution in [2.45, 2.75) is 13.0 Å². The van der Waals surface area contributed by atoms with E-state index in [2.05, 4.69) is 25.9 Å². The Morgan fingerprint density at radius 2 is 2.32 bits per heavy atom. The van der Waals surface area contributed by atoms with Crippen LogP contribution in [0.5, 0.6) is 0 Å². The molecule has 0 aliphatic rings. The molecular weight excluding hydrogens is 246 g/mol. The number of carbonyl (C=O) groups is 1. The van der Waals surface area contributed by atoms with Crippen LogP contribution in [0.15, 0.2) is 24.7 Å². The number of anilines is 1. The van der Waals surface area contributed by atoms with Gasteiger partial charge in [-0.15, -0.1) is 10.2 Å². The van der Waals surface area contributed by atoms with Gasteiger partial charge in [-0.1, -0.05) is 0 Å². The number of carbonyl (C=O) groups excluding carboxylic acids is 1. The zero-order valence-electron chi connectivity index (χ0n) is 10.7. The zero-order valence-corrected chi connectivity index (χ0v) is 10.7. The highest BCUT2D eigenvalue weighted by atomic mass is 16.1. The minimum absolute atomic E-state index is 0.272. The van der Waals surface area contributed by atoms with Crippen LogP contribution < -0.4 is 16.6 Å². The van der Waals surface area contributed by atoms with Crippen molar-refractivity contribution in [1.82, 2.24) is 25.1 Å². The molecule has 1 amide bonds. The summed E-state index contributed by atoms with van der Waals surface area (Å²) in [6, 6.07) is 3.04. The van der Waals surface area contributed by atoms with Gasteiger partial charge in [0.2, 0.25) is 0 Å². The molecule has 2 heterocycles. The Bertz CT molecular complexity index is 580. The first kappa shape index (κ1) is 13.0. The van der Waals surface area contributed by atoms with E-state index in [9.17, 15) is 4.79 Å². The third-order valence-corrected chi connectivity index (χ3v) is 2.67. The van der Waals surface area contributed by atoms with E-state index in [1.807, 2.05) is 14.0 Å². The van der Waals surface area contributed by atoms with Crippen LogP contribution in [0, 0.1) is 0 Å². The van der Waals surface area contributed by atoms with Crippen LogP contribution in [0.25, 0.3) is 0 Å². The Morgan fingerprint density at radius 3 is 2.95 bits per heavy atom. The van der Waals surface area contributed by atoms with E-state index in [1.54, 1.807) is 29.2 Å². The third-order valence-electron chi connectivity index (χ3n) is 2.67. The predicted octanol–water partition coefficient (Wildman–Crippen LogP) is -0.0133. The normalized spacial score (nSPS) is 11.9. The van der Waals surface area contributed by atoms with Crippen LogP contribution >= 0.6 is 0 Å². The topological polar surface area (TPSA) is 111 Å². The van der Waals surface area contributed by atoms with Gasteiger partial charge >= 0.3 is 0 Å². The highest BCUT2D eigenvalue weighted by Gasteiger charge is 2.17. The van der Waals surface area contributed by atoms with Crippen molar-refractivity contribution >= 4 is 11.7 Å². The molecule has 0 aliphatic heterocycles. The average molecular weight is 261 g/mol. The lowest BCUT2D eigenvalue weighted by Gasteiger charge is -2.14. The quantitative estimate of drug-likeness (QED) is 0.527. The first-order valence-corrected chi connectivity index (χ1v) is 5.70. The van der Waals surface area contributed by atoms with Crippen molar-refractivity contribution in [1.29, 1.82) is 0 Å². The molecule has 4 N–H and O–H groups in total. The van der Waals surface area contributed by atoms with Crippen LogP contribution in [0.1, 0.15) is 29.1 Å². The number of hydrogen-bond donors (Lipinski definition) is 3. The number of amides is 1. The molecule has 0 fully saturated rings. The van der Waals surface area contributed by atoms with Crippen molar-refractivity contribution in [3.05, 3.63) is 36.0 Å². The summed E-state index contributed by atoms with van der Waals surface area (Å²) in [6.45, 7) is 1.83. The average Bonchev–Trinajstić information content (AvgIpc) is 2.85. The van der Waals surface area contributed by atoms with Gasteiger partial charge < -0.3 is 15.3 Å². The minimum atomic E-state index is -0.281. The summed E-state index contributed by atoms with van der Waals surface area (Å²) in [5.41, 5.74) is 2.76. The minimum Gasteiger partial charge on any atom is -0.342 e. The fraction of sp³-hybridized carbons (Fsp3) is 0.273. The largest absolute Gasteiger partial charge is 0.342 e. The van der Waals surface area contributed by atoms with E-state index in [1.165, 1.54) is 0 Å². The Kier molecular flexibility index (Phi) is 3.71. The number of hydrogen-bond acceptors (Lipinski definition) is 6. The maximum atomic E-state index is 12.1. The molecule has 0 radical (unpaired) electrons. The maximum absolute atomic E-state index is 12.1. The van der Waals surface area contributed by atoms with Gasteiger partial charge in [-0.3, -0.25) is 4.79 Å². The standard InChI is InChI=1S/C11H15N7O/c1-7(10-17-14-6-18(10)2)15-11(19)8-4-3-5-13-9(8)16-12/h3-7H,12H2,1-2H3,(H,13,16)(H,15,19). The van der Waals surface area contributed by atoms with Crippen LogP contribution in [-0.4, -0.2) is 25.7 Å². The zero-order chi connectivity index (χ0) is 13.8. The number of nitrogens with zero attached hydrogens (tertiary/aromatic N) is 4. The lowest BCUT2D eigenvalue weighted by atomic mass is 10.2. The lowest BCUT2D eigenvalue weighted by Crippen LogP contribution is -2.29. The Morgan fingerprint density at radius 1 is 1.53 bits per heavy atom. The third kappa shape index (κ3) is 2.68. The molecule has 0 saturated carbocycles. The second kappa shape index (κ2) is 5.44. The molecule has 19 heavy (non-hydrogen) atoms. The van der Waals surface area contributed by atoms with Crippen molar-refractivity contribution in [2.75, 3.05) is 5.43 Å². The number of aromatic nitrogens is 4. The summed E-state index contributed by atoms with van der Waals surface area (Å²) in [5, 5.41) is 10.5. The van der Waals surface area contributed by atoms with Crippen LogP contribution in [0.2, 0.25) is 0 Å². The van der Waals surface area contributed by atoms with Gasteiger partial charge in [0.15, 0.2) is 11.6 Å². The number of nitrogens with one attached hydrogen (secondary N) is 2. The molecule has 2 aromatic heterocycles. The smallest absolute Gasteiger partial charge is 0.255 e. The first-order chi connectivity index (χ1) is 9.13. The van der Waals surface area contributed by atoms with Crippen LogP contribution in [-0.2, 0) is 7.05 Å². The number of nitrogen functional groups attached to an aromatic ring is 1. The maximum Gasteiger partial charge on any atom is 0.255 e. The van der Waals surface area contributed by atoms with Crippen molar-refractivity contribution in [3.8, 4) is 0 Å². The molecule has 8 nitrogen and oxygen atoms in total. The number of aryl methyl sites for hydroxylation is 1. The van der Waals surface area contributed by atoms with E-state index in [0.29, 0.717) is 17.2 Å².